The van der Waals surface area contributed by atoms with Crippen LogP contribution in [0.4, 0.5) is 0 Å². The first-order valence-electron chi connectivity index (χ1n) is 8.47. The molecule has 2 aromatic heterocycles. The van der Waals surface area contributed by atoms with Crippen LogP contribution in [0.1, 0.15) is 0 Å². The Balaban J connectivity index is 1.79. The summed E-state index contributed by atoms with van der Waals surface area (Å²) in [6.45, 7) is 0. The van der Waals surface area contributed by atoms with Crippen molar-refractivity contribution in [3.8, 4) is 22.4 Å². The van der Waals surface area contributed by atoms with Gasteiger partial charge in [0, 0.05) is 11.6 Å². The van der Waals surface area contributed by atoms with Crippen LogP contribution in [0.25, 0.3) is 38.9 Å². The van der Waals surface area contributed by atoms with E-state index in [4.69, 9.17) is 5.10 Å². The minimum absolute atomic E-state index is 0.101. The molecular formula is C22H15N3O. The summed E-state index contributed by atoms with van der Waals surface area (Å²) in [5, 5.41) is 5.42. The molecule has 0 atom stereocenters. The van der Waals surface area contributed by atoms with Crippen molar-refractivity contribution in [2.75, 3.05) is 0 Å². The molecule has 2 heterocycles. The molecule has 3 aromatic carbocycles. The van der Waals surface area contributed by atoms with Crippen molar-refractivity contribution in [2.24, 2.45) is 0 Å². The third-order valence-corrected chi connectivity index (χ3v) is 4.62. The van der Waals surface area contributed by atoms with Crippen LogP contribution in [-0.2, 0) is 0 Å². The molecule has 0 aliphatic heterocycles. The second-order valence-electron chi connectivity index (χ2n) is 6.21. The fourth-order valence-corrected chi connectivity index (χ4v) is 3.40. The number of nitrogens with one attached hydrogen (secondary N) is 1. The fraction of sp³-hybridized carbons (Fsp3) is 0. The first-order valence-corrected chi connectivity index (χ1v) is 8.47. The maximum atomic E-state index is 12.3. The van der Waals surface area contributed by atoms with Gasteiger partial charge in [-0.2, -0.15) is 5.10 Å². The molecule has 0 amide bonds. The van der Waals surface area contributed by atoms with Gasteiger partial charge in [0.1, 0.15) is 5.65 Å². The van der Waals surface area contributed by atoms with E-state index in [2.05, 4.69) is 29.2 Å². The van der Waals surface area contributed by atoms with Crippen molar-refractivity contribution >= 4 is 16.6 Å². The van der Waals surface area contributed by atoms with Crippen LogP contribution in [-0.4, -0.2) is 14.6 Å². The zero-order chi connectivity index (χ0) is 17.5. The fourth-order valence-electron chi connectivity index (χ4n) is 3.40. The van der Waals surface area contributed by atoms with Gasteiger partial charge in [0.25, 0.3) is 5.56 Å². The Morgan fingerprint density at radius 1 is 0.769 bits per heavy atom. The summed E-state index contributed by atoms with van der Waals surface area (Å²) < 4.78 is 1.80. The topological polar surface area (TPSA) is 50.2 Å². The van der Waals surface area contributed by atoms with Crippen molar-refractivity contribution in [2.45, 2.75) is 0 Å². The molecule has 0 radical (unpaired) electrons. The van der Waals surface area contributed by atoms with Gasteiger partial charge < -0.3 is 4.98 Å². The molecule has 4 heteroatoms. The minimum Gasteiger partial charge on any atom is -0.306 e. The maximum Gasteiger partial charge on any atom is 0.259 e. The van der Waals surface area contributed by atoms with E-state index in [0.29, 0.717) is 11.0 Å². The smallest absolute Gasteiger partial charge is 0.259 e. The molecule has 0 fully saturated rings. The normalized spacial score (nSPS) is 11.2. The largest absolute Gasteiger partial charge is 0.306 e. The van der Waals surface area contributed by atoms with Crippen molar-refractivity contribution in [1.29, 1.82) is 0 Å². The lowest BCUT2D eigenvalue weighted by molar-refractivity contribution is 0.981. The Morgan fingerprint density at radius 2 is 1.46 bits per heavy atom. The number of benzene rings is 3. The molecular weight excluding hydrogens is 322 g/mol. The Labute approximate surface area is 149 Å². The minimum atomic E-state index is -0.101. The number of hydrogen-bond acceptors (Lipinski definition) is 2. The summed E-state index contributed by atoms with van der Waals surface area (Å²) in [6.07, 6.45) is 0. The third-order valence-electron chi connectivity index (χ3n) is 4.62. The zero-order valence-corrected chi connectivity index (χ0v) is 13.9. The van der Waals surface area contributed by atoms with E-state index in [1.807, 2.05) is 60.7 Å². The van der Waals surface area contributed by atoms with Gasteiger partial charge in [-0.25, -0.2) is 4.52 Å². The Kier molecular flexibility index (Phi) is 3.22. The lowest BCUT2D eigenvalue weighted by Gasteiger charge is -2.07. The lowest BCUT2D eigenvalue weighted by atomic mass is 9.98. The predicted octanol–water partition coefficient (Wildman–Crippen LogP) is 4.51. The monoisotopic (exact) mass is 337 g/mol. The quantitative estimate of drug-likeness (QED) is 0.515. The Morgan fingerprint density at radius 3 is 2.31 bits per heavy atom. The standard InChI is InChI=1S/C22H15N3O/c26-22-18-12-6-7-13-20(18)25-21(23-22)14-19(24-25)17-11-5-4-10-16(17)15-8-2-1-3-9-15/h1-14H,(H,23,26). The number of rotatable bonds is 2. The van der Waals surface area contributed by atoms with Crippen molar-refractivity contribution < 1.29 is 0 Å². The van der Waals surface area contributed by atoms with Crippen molar-refractivity contribution in [3.05, 3.63) is 95.3 Å². The summed E-state index contributed by atoms with van der Waals surface area (Å²) in [6, 6.07) is 27.9. The molecule has 124 valence electrons. The molecule has 5 rings (SSSR count). The van der Waals surface area contributed by atoms with Gasteiger partial charge in [0.15, 0.2) is 0 Å². The molecule has 5 aromatic rings. The number of aromatic nitrogens is 3. The van der Waals surface area contributed by atoms with Crippen LogP contribution in [0.15, 0.2) is 89.7 Å². The van der Waals surface area contributed by atoms with Crippen LogP contribution in [0.5, 0.6) is 0 Å². The van der Waals surface area contributed by atoms with Crippen LogP contribution in [0.2, 0.25) is 0 Å². The number of aromatic amines is 1. The first kappa shape index (κ1) is 14.7. The SMILES string of the molecule is O=c1[nH]c2cc(-c3ccccc3-c3ccccc3)nn2c2ccccc12. The molecule has 0 aliphatic rings. The Bertz CT molecular complexity index is 1300. The Hall–Kier alpha value is -3.66. The highest BCUT2D eigenvalue weighted by Gasteiger charge is 2.13. The number of hydrogen-bond donors (Lipinski definition) is 1. The van der Waals surface area contributed by atoms with Crippen molar-refractivity contribution in [3.63, 3.8) is 0 Å². The van der Waals surface area contributed by atoms with Gasteiger partial charge in [-0.15, -0.1) is 0 Å². The van der Waals surface area contributed by atoms with Crippen LogP contribution in [0, 0.1) is 0 Å². The summed E-state index contributed by atoms with van der Waals surface area (Å²) in [4.78, 5) is 15.3. The van der Waals surface area contributed by atoms with E-state index in [0.717, 1.165) is 27.9 Å². The number of H-pyrrole nitrogens is 1. The first-order chi connectivity index (χ1) is 12.8. The van der Waals surface area contributed by atoms with Gasteiger partial charge in [-0.3, -0.25) is 4.79 Å². The van der Waals surface area contributed by atoms with E-state index in [1.165, 1.54) is 0 Å². The second-order valence-corrected chi connectivity index (χ2v) is 6.21. The lowest BCUT2D eigenvalue weighted by Crippen LogP contribution is -2.09. The maximum absolute atomic E-state index is 12.3. The average Bonchev–Trinajstić information content (AvgIpc) is 3.13. The summed E-state index contributed by atoms with van der Waals surface area (Å²) >= 11 is 0. The van der Waals surface area contributed by atoms with Gasteiger partial charge in [-0.05, 0) is 23.3 Å². The summed E-state index contributed by atoms with van der Waals surface area (Å²) in [7, 11) is 0. The average molecular weight is 337 g/mol. The van der Waals surface area contributed by atoms with E-state index in [9.17, 15) is 4.79 Å². The molecule has 0 saturated carbocycles. The number of nitrogens with zero attached hydrogens (tertiary/aromatic N) is 2. The highest BCUT2D eigenvalue weighted by atomic mass is 16.1. The summed E-state index contributed by atoms with van der Waals surface area (Å²) in [5.41, 5.74) is 5.50. The molecule has 0 saturated heterocycles. The molecule has 26 heavy (non-hydrogen) atoms. The molecule has 0 spiro atoms. The summed E-state index contributed by atoms with van der Waals surface area (Å²) in [5.74, 6) is 0. The van der Waals surface area contributed by atoms with Crippen molar-refractivity contribution in [1.82, 2.24) is 14.6 Å². The van der Waals surface area contributed by atoms with Crippen LogP contribution in [0.3, 0.4) is 0 Å². The van der Waals surface area contributed by atoms with Gasteiger partial charge in [0.2, 0.25) is 0 Å². The van der Waals surface area contributed by atoms with Gasteiger partial charge >= 0.3 is 0 Å². The van der Waals surface area contributed by atoms with E-state index in [1.54, 1.807) is 4.52 Å². The van der Waals surface area contributed by atoms with Gasteiger partial charge in [-0.1, -0.05) is 66.7 Å². The van der Waals surface area contributed by atoms with E-state index >= 15 is 0 Å². The number of fused-ring (bicyclic) bond motifs is 3. The van der Waals surface area contributed by atoms with Crippen LogP contribution < -0.4 is 5.56 Å². The predicted molar refractivity (Wildman–Crippen MR) is 104 cm³/mol. The molecule has 0 aliphatic carbocycles. The molecule has 4 nitrogen and oxygen atoms in total. The molecule has 0 bridgehead atoms. The number of para-hydroxylation sites is 1. The zero-order valence-electron chi connectivity index (χ0n) is 13.9. The molecule has 0 unspecified atom stereocenters. The second kappa shape index (κ2) is 5.70. The van der Waals surface area contributed by atoms with E-state index < -0.39 is 0 Å². The molecule has 1 N–H and O–H groups in total. The van der Waals surface area contributed by atoms with Gasteiger partial charge in [0.05, 0.1) is 16.6 Å². The third kappa shape index (κ3) is 2.24. The van der Waals surface area contributed by atoms with E-state index in [-0.39, 0.29) is 5.56 Å². The van der Waals surface area contributed by atoms with Crippen LogP contribution >= 0.6 is 0 Å². The highest BCUT2D eigenvalue weighted by Crippen LogP contribution is 2.31. The highest BCUT2D eigenvalue weighted by molar-refractivity contribution is 5.85.